The first-order valence-corrected chi connectivity index (χ1v) is 10.5. The molecule has 1 aliphatic heterocycles. The van der Waals surface area contributed by atoms with Gasteiger partial charge in [-0.3, -0.25) is 9.69 Å². The highest BCUT2D eigenvalue weighted by Crippen LogP contribution is 2.32. The summed E-state index contributed by atoms with van der Waals surface area (Å²) in [6.07, 6.45) is 1.91. The SMILES string of the molecule is CC(C)OC(=O)CN1CCC(=C(c2ccccc2)c2ccccc2)CC1.O=C(O)C(=O)O. The molecule has 0 aliphatic carbocycles. The standard InChI is InChI=1S/C23H27NO2.C2H2O4/c1-18(2)26-22(25)17-24-15-13-21(14-16-24)23(19-9-5-3-6-10-19)20-11-7-4-8-12-20;3-1(4)2(5)6/h3-12,18H,13-17H2,1-2H3;(H,3,4)(H,5,6). The summed E-state index contributed by atoms with van der Waals surface area (Å²) in [6, 6.07) is 21.2. The van der Waals surface area contributed by atoms with Crippen molar-refractivity contribution in [1.82, 2.24) is 4.90 Å². The molecule has 1 aliphatic rings. The average molecular weight is 440 g/mol. The van der Waals surface area contributed by atoms with Gasteiger partial charge in [0.05, 0.1) is 12.6 Å². The Hall–Kier alpha value is -3.45. The first-order valence-electron chi connectivity index (χ1n) is 10.5. The maximum atomic E-state index is 11.9. The molecule has 1 heterocycles. The van der Waals surface area contributed by atoms with E-state index in [1.807, 2.05) is 13.8 Å². The first-order chi connectivity index (χ1) is 15.3. The van der Waals surface area contributed by atoms with Gasteiger partial charge in [0.15, 0.2) is 0 Å². The van der Waals surface area contributed by atoms with Gasteiger partial charge in [-0.25, -0.2) is 9.59 Å². The summed E-state index contributed by atoms with van der Waals surface area (Å²) < 4.78 is 5.27. The maximum Gasteiger partial charge on any atom is 0.414 e. The van der Waals surface area contributed by atoms with Gasteiger partial charge in [-0.05, 0) is 43.4 Å². The summed E-state index contributed by atoms with van der Waals surface area (Å²) in [5, 5.41) is 14.8. The van der Waals surface area contributed by atoms with E-state index in [-0.39, 0.29) is 12.1 Å². The molecule has 2 N–H and O–H groups in total. The number of nitrogens with zero attached hydrogens (tertiary/aromatic N) is 1. The minimum Gasteiger partial charge on any atom is -0.473 e. The van der Waals surface area contributed by atoms with E-state index in [4.69, 9.17) is 24.5 Å². The van der Waals surface area contributed by atoms with Gasteiger partial charge in [0.2, 0.25) is 0 Å². The number of carbonyl (C=O) groups excluding carboxylic acids is 1. The van der Waals surface area contributed by atoms with Gasteiger partial charge in [-0.1, -0.05) is 66.2 Å². The van der Waals surface area contributed by atoms with Crippen molar-refractivity contribution >= 4 is 23.5 Å². The summed E-state index contributed by atoms with van der Waals surface area (Å²) in [7, 11) is 0. The van der Waals surface area contributed by atoms with Gasteiger partial charge in [0.1, 0.15) is 0 Å². The lowest BCUT2D eigenvalue weighted by Crippen LogP contribution is -2.36. The number of carbonyl (C=O) groups is 3. The van der Waals surface area contributed by atoms with Crippen LogP contribution in [0.1, 0.15) is 37.8 Å². The predicted octanol–water partition coefficient (Wildman–Crippen LogP) is 3.69. The fraction of sp³-hybridized carbons (Fsp3) is 0.320. The molecule has 0 saturated carbocycles. The number of likely N-dealkylation sites (tertiary alicyclic amines) is 1. The van der Waals surface area contributed by atoms with E-state index in [0.29, 0.717) is 6.54 Å². The Labute approximate surface area is 187 Å². The van der Waals surface area contributed by atoms with Crippen LogP contribution in [0.4, 0.5) is 0 Å². The molecule has 0 unspecified atom stereocenters. The highest BCUT2D eigenvalue weighted by atomic mass is 16.5. The van der Waals surface area contributed by atoms with Crippen LogP contribution in [0.3, 0.4) is 0 Å². The Balaban J connectivity index is 0.000000534. The Morgan fingerprint density at radius 1 is 0.844 bits per heavy atom. The van der Waals surface area contributed by atoms with Crippen molar-refractivity contribution in [3.8, 4) is 0 Å². The summed E-state index contributed by atoms with van der Waals surface area (Å²) in [6.45, 7) is 5.96. The van der Waals surface area contributed by atoms with Crippen LogP contribution in [-0.4, -0.2) is 58.8 Å². The summed E-state index contributed by atoms with van der Waals surface area (Å²) >= 11 is 0. The van der Waals surface area contributed by atoms with E-state index in [1.54, 1.807) is 0 Å². The molecular formula is C25H29NO6. The summed E-state index contributed by atoms with van der Waals surface area (Å²) in [5.74, 6) is -3.77. The topological polar surface area (TPSA) is 104 Å². The number of rotatable bonds is 5. The van der Waals surface area contributed by atoms with Crippen LogP contribution in [0.25, 0.3) is 5.57 Å². The normalized spacial score (nSPS) is 13.7. The zero-order valence-electron chi connectivity index (χ0n) is 18.4. The largest absolute Gasteiger partial charge is 0.473 e. The second kappa shape index (κ2) is 12.4. The number of esters is 1. The van der Waals surface area contributed by atoms with Crippen LogP contribution >= 0.6 is 0 Å². The molecule has 0 bridgehead atoms. The smallest absolute Gasteiger partial charge is 0.414 e. The average Bonchev–Trinajstić information content (AvgIpc) is 2.76. The molecule has 0 radical (unpaired) electrons. The van der Waals surface area contributed by atoms with Crippen LogP contribution in [0.2, 0.25) is 0 Å². The summed E-state index contributed by atoms with van der Waals surface area (Å²) in [5.41, 5.74) is 5.34. The zero-order valence-corrected chi connectivity index (χ0v) is 18.4. The molecule has 2 aromatic rings. The quantitative estimate of drug-likeness (QED) is 0.541. The Morgan fingerprint density at radius 2 is 1.28 bits per heavy atom. The van der Waals surface area contributed by atoms with Crippen molar-refractivity contribution < 1.29 is 29.3 Å². The highest BCUT2D eigenvalue weighted by molar-refractivity contribution is 6.27. The van der Waals surface area contributed by atoms with Crippen LogP contribution in [-0.2, 0) is 19.1 Å². The number of carboxylic acids is 2. The summed E-state index contributed by atoms with van der Waals surface area (Å²) in [4.78, 5) is 32.3. The molecular weight excluding hydrogens is 410 g/mol. The van der Waals surface area contributed by atoms with Gasteiger partial charge in [-0.15, -0.1) is 0 Å². The molecule has 1 saturated heterocycles. The Bertz CT molecular complexity index is 874. The first kappa shape index (κ1) is 24.8. The number of ether oxygens (including phenoxy) is 1. The monoisotopic (exact) mass is 439 g/mol. The minimum atomic E-state index is -1.82. The number of hydrogen-bond donors (Lipinski definition) is 2. The van der Waals surface area contributed by atoms with Crippen molar-refractivity contribution in [2.45, 2.75) is 32.8 Å². The molecule has 1 fully saturated rings. The number of piperidine rings is 1. The van der Waals surface area contributed by atoms with E-state index in [1.165, 1.54) is 22.3 Å². The van der Waals surface area contributed by atoms with Crippen molar-refractivity contribution in [3.05, 3.63) is 77.4 Å². The van der Waals surface area contributed by atoms with Crippen LogP contribution in [0.15, 0.2) is 66.2 Å². The zero-order chi connectivity index (χ0) is 23.5. The number of benzene rings is 2. The van der Waals surface area contributed by atoms with Crippen LogP contribution < -0.4 is 0 Å². The number of carboxylic acid groups (broad SMARTS) is 2. The van der Waals surface area contributed by atoms with Gasteiger partial charge in [0.25, 0.3) is 0 Å². The second-order valence-corrected chi connectivity index (χ2v) is 7.64. The maximum absolute atomic E-state index is 11.9. The molecule has 0 amide bonds. The van der Waals surface area contributed by atoms with E-state index in [2.05, 4.69) is 65.6 Å². The lowest BCUT2D eigenvalue weighted by atomic mass is 9.88. The fourth-order valence-corrected chi connectivity index (χ4v) is 3.50. The molecule has 0 aromatic heterocycles. The van der Waals surface area contributed by atoms with Crippen molar-refractivity contribution in [1.29, 1.82) is 0 Å². The van der Waals surface area contributed by atoms with Crippen LogP contribution in [0.5, 0.6) is 0 Å². The second-order valence-electron chi connectivity index (χ2n) is 7.64. The Kier molecular flexibility index (Phi) is 9.63. The van der Waals surface area contributed by atoms with Gasteiger partial charge in [-0.2, -0.15) is 0 Å². The van der Waals surface area contributed by atoms with E-state index in [0.717, 1.165) is 25.9 Å². The minimum absolute atomic E-state index is 0.0505. The third kappa shape index (κ3) is 8.00. The van der Waals surface area contributed by atoms with Crippen molar-refractivity contribution in [2.24, 2.45) is 0 Å². The third-order valence-electron chi connectivity index (χ3n) is 4.84. The van der Waals surface area contributed by atoms with Gasteiger partial charge in [0, 0.05) is 13.1 Å². The lowest BCUT2D eigenvalue weighted by Gasteiger charge is -2.29. The van der Waals surface area contributed by atoms with E-state index in [9.17, 15) is 4.79 Å². The predicted molar refractivity (Wildman–Crippen MR) is 121 cm³/mol. The molecule has 0 atom stereocenters. The molecule has 0 spiro atoms. The van der Waals surface area contributed by atoms with Gasteiger partial charge >= 0.3 is 17.9 Å². The van der Waals surface area contributed by atoms with Gasteiger partial charge < -0.3 is 14.9 Å². The van der Waals surface area contributed by atoms with E-state index >= 15 is 0 Å². The molecule has 7 heteroatoms. The lowest BCUT2D eigenvalue weighted by molar-refractivity contribution is -0.159. The molecule has 32 heavy (non-hydrogen) atoms. The third-order valence-corrected chi connectivity index (χ3v) is 4.84. The Morgan fingerprint density at radius 3 is 1.66 bits per heavy atom. The molecule has 3 rings (SSSR count). The van der Waals surface area contributed by atoms with Crippen molar-refractivity contribution in [3.63, 3.8) is 0 Å². The van der Waals surface area contributed by atoms with E-state index < -0.39 is 11.9 Å². The molecule has 170 valence electrons. The van der Waals surface area contributed by atoms with Crippen molar-refractivity contribution in [2.75, 3.05) is 19.6 Å². The number of aliphatic carboxylic acids is 2. The molecule has 2 aromatic carbocycles. The number of hydrogen-bond acceptors (Lipinski definition) is 5. The van der Waals surface area contributed by atoms with Crippen LogP contribution in [0, 0.1) is 0 Å². The fourth-order valence-electron chi connectivity index (χ4n) is 3.50. The molecule has 7 nitrogen and oxygen atoms in total. The highest BCUT2D eigenvalue weighted by Gasteiger charge is 2.21.